The summed E-state index contributed by atoms with van der Waals surface area (Å²) >= 11 is 0. The number of rotatable bonds is 6. The van der Waals surface area contributed by atoms with Crippen molar-refractivity contribution in [2.24, 2.45) is 5.92 Å². The van der Waals surface area contributed by atoms with E-state index >= 15 is 0 Å². The first-order valence-electron chi connectivity index (χ1n) is 10.9. The van der Waals surface area contributed by atoms with Gasteiger partial charge in [-0.15, -0.1) is 0 Å². The molecule has 0 saturated heterocycles. The van der Waals surface area contributed by atoms with Crippen molar-refractivity contribution in [2.75, 3.05) is 0 Å². The molecule has 0 aliphatic heterocycles. The van der Waals surface area contributed by atoms with Gasteiger partial charge in [0.05, 0.1) is 0 Å². The minimum atomic E-state index is -0.854. The third-order valence-electron chi connectivity index (χ3n) is 5.88. The van der Waals surface area contributed by atoms with Crippen molar-refractivity contribution in [1.29, 1.82) is 0 Å². The quantitative estimate of drug-likeness (QED) is 0.351. The minimum Gasteiger partial charge on any atom is -0.204 e. The summed E-state index contributed by atoms with van der Waals surface area (Å²) in [7, 11) is 0. The molecule has 2 aromatic rings. The van der Waals surface area contributed by atoms with Gasteiger partial charge in [-0.05, 0) is 85.8 Å². The smallest absolute Gasteiger partial charge is 0.160 e. The lowest BCUT2D eigenvalue weighted by Crippen LogP contribution is -2.11. The van der Waals surface area contributed by atoms with Crippen molar-refractivity contribution in [3.05, 3.63) is 82.9 Å². The monoisotopic (exact) mass is 392 g/mol. The maximum absolute atomic E-state index is 13.2. The summed E-state index contributed by atoms with van der Waals surface area (Å²) < 4.78 is 26.1. The third-order valence-corrected chi connectivity index (χ3v) is 5.88. The fourth-order valence-electron chi connectivity index (χ4n) is 4.06. The molecule has 0 N–H and O–H groups in total. The average molecular weight is 393 g/mol. The second-order valence-electron chi connectivity index (χ2n) is 8.07. The van der Waals surface area contributed by atoms with E-state index in [1.54, 1.807) is 0 Å². The number of hydrogen-bond donors (Lipinski definition) is 0. The van der Waals surface area contributed by atoms with Gasteiger partial charge in [0, 0.05) is 5.56 Å². The summed E-state index contributed by atoms with van der Waals surface area (Å²) in [6, 6.07) is 13.0. The zero-order chi connectivity index (χ0) is 20.5. The molecule has 0 amide bonds. The van der Waals surface area contributed by atoms with E-state index in [0.717, 1.165) is 12.1 Å². The van der Waals surface area contributed by atoms with Gasteiger partial charge in [0.2, 0.25) is 0 Å². The molecule has 0 spiro atoms. The minimum absolute atomic E-state index is 0.496. The highest BCUT2D eigenvalue weighted by molar-refractivity contribution is 5.37. The standard InChI is InChI=1S/C27H30F2/c1-2-3-4-7-21-10-15-24(16-11-21)25-17-12-22(13-18-25)8-5-6-9-23-14-19-26(28)27(29)20-23/h5,8,10-11,14-16,19-20,22,25H,2-4,7,12-13,17-18H2,1H3. The van der Waals surface area contributed by atoms with Crippen LogP contribution >= 0.6 is 0 Å². The van der Waals surface area contributed by atoms with E-state index in [-0.39, 0.29) is 0 Å². The fraction of sp³-hybridized carbons (Fsp3) is 0.407. The second kappa shape index (κ2) is 11.0. The summed E-state index contributed by atoms with van der Waals surface area (Å²) in [5, 5.41) is 0. The number of aryl methyl sites for hydroxylation is 1. The number of halogens is 2. The van der Waals surface area contributed by atoms with Crippen LogP contribution in [-0.2, 0) is 6.42 Å². The SMILES string of the molecule is CCCCCc1ccc(C2CCC(C=CC#Cc3ccc(F)c(F)c3)CC2)cc1. The summed E-state index contributed by atoms with van der Waals surface area (Å²) in [4.78, 5) is 0. The topological polar surface area (TPSA) is 0 Å². The molecule has 1 saturated carbocycles. The Balaban J connectivity index is 1.46. The molecule has 0 radical (unpaired) electrons. The van der Waals surface area contributed by atoms with Crippen molar-refractivity contribution in [3.8, 4) is 11.8 Å². The lowest BCUT2D eigenvalue weighted by Gasteiger charge is -2.27. The van der Waals surface area contributed by atoms with Crippen LogP contribution in [0.5, 0.6) is 0 Å². The highest BCUT2D eigenvalue weighted by Gasteiger charge is 2.20. The van der Waals surface area contributed by atoms with Gasteiger partial charge in [-0.25, -0.2) is 8.78 Å². The van der Waals surface area contributed by atoms with Gasteiger partial charge in [-0.2, -0.15) is 0 Å². The number of hydrogen-bond acceptors (Lipinski definition) is 0. The maximum Gasteiger partial charge on any atom is 0.160 e. The predicted molar refractivity (Wildman–Crippen MR) is 117 cm³/mol. The largest absolute Gasteiger partial charge is 0.204 e. The third kappa shape index (κ3) is 6.57. The summed E-state index contributed by atoms with van der Waals surface area (Å²) in [5.41, 5.74) is 3.43. The van der Waals surface area contributed by atoms with Crippen LogP contribution in [0.25, 0.3) is 0 Å². The summed E-state index contributed by atoms with van der Waals surface area (Å²) in [6.07, 6.45) is 13.8. The highest BCUT2D eigenvalue weighted by Crippen LogP contribution is 2.36. The highest BCUT2D eigenvalue weighted by atomic mass is 19.2. The molecule has 0 atom stereocenters. The van der Waals surface area contributed by atoms with Gasteiger partial charge >= 0.3 is 0 Å². The summed E-state index contributed by atoms with van der Waals surface area (Å²) in [5.74, 6) is 5.34. The molecule has 0 heterocycles. The van der Waals surface area contributed by atoms with Crippen LogP contribution < -0.4 is 0 Å². The maximum atomic E-state index is 13.2. The molecule has 0 nitrogen and oxygen atoms in total. The van der Waals surface area contributed by atoms with Gasteiger partial charge in [-0.3, -0.25) is 0 Å². The molecule has 1 aliphatic carbocycles. The van der Waals surface area contributed by atoms with E-state index in [1.165, 1.54) is 68.6 Å². The zero-order valence-corrected chi connectivity index (χ0v) is 17.3. The van der Waals surface area contributed by atoms with E-state index < -0.39 is 11.6 Å². The van der Waals surface area contributed by atoms with E-state index in [2.05, 4.69) is 49.1 Å². The van der Waals surface area contributed by atoms with E-state index in [9.17, 15) is 8.78 Å². The first-order chi connectivity index (χ1) is 14.2. The number of unbranched alkanes of at least 4 members (excludes halogenated alkanes) is 2. The molecular weight excluding hydrogens is 362 g/mol. The van der Waals surface area contributed by atoms with Crippen molar-refractivity contribution in [2.45, 2.75) is 64.2 Å². The molecule has 1 aliphatic rings. The first-order valence-corrected chi connectivity index (χ1v) is 10.9. The zero-order valence-electron chi connectivity index (χ0n) is 17.3. The van der Waals surface area contributed by atoms with Gasteiger partial charge in [0.1, 0.15) is 0 Å². The molecular formula is C27H30F2. The Hall–Kier alpha value is -2.40. The van der Waals surface area contributed by atoms with Gasteiger partial charge in [0.15, 0.2) is 11.6 Å². The normalized spacial score (nSPS) is 19.1. The van der Waals surface area contributed by atoms with Crippen LogP contribution in [0.2, 0.25) is 0 Å². The first kappa shape index (κ1) is 21.3. The molecule has 3 rings (SSSR count). The molecule has 2 aromatic carbocycles. The Morgan fingerprint density at radius 3 is 2.38 bits per heavy atom. The van der Waals surface area contributed by atoms with E-state index in [1.807, 2.05) is 6.08 Å². The molecule has 29 heavy (non-hydrogen) atoms. The van der Waals surface area contributed by atoms with Crippen LogP contribution in [0.3, 0.4) is 0 Å². The second-order valence-corrected chi connectivity index (χ2v) is 8.07. The number of allylic oxidation sites excluding steroid dienone is 2. The van der Waals surface area contributed by atoms with Gasteiger partial charge in [0.25, 0.3) is 0 Å². The fourth-order valence-corrected chi connectivity index (χ4v) is 4.06. The Labute approximate surface area is 174 Å². The van der Waals surface area contributed by atoms with Crippen LogP contribution in [0, 0.1) is 29.4 Å². The lowest BCUT2D eigenvalue weighted by molar-refractivity contribution is 0.376. The van der Waals surface area contributed by atoms with Crippen LogP contribution in [0.1, 0.15) is 74.5 Å². The Kier molecular flexibility index (Phi) is 8.05. The van der Waals surface area contributed by atoms with Crippen molar-refractivity contribution >= 4 is 0 Å². The lowest BCUT2D eigenvalue weighted by atomic mass is 9.78. The molecule has 0 aromatic heterocycles. The molecule has 1 fully saturated rings. The van der Waals surface area contributed by atoms with Crippen LogP contribution in [-0.4, -0.2) is 0 Å². The Morgan fingerprint density at radius 1 is 0.931 bits per heavy atom. The predicted octanol–water partition coefficient (Wildman–Crippen LogP) is 7.58. The Morgan fingerprint density at radius 2 is 1.69 bits per heavy atom. The Bertz CT molecular complexity index is 860. The van der Waals surface area contributed by atoms with Crippen molar-refractivity contribution < 1.29 is 8.78 Å². The molecule has 152 valence electrons. The van der Waals surface area contributed by atoms with E-state index in [4.69, 9.17) is 0 Å². The summed E-state index contributed by atoms with van der Waals surface area (Å²) in [6.45, 7) is 2.24. The van der Waals surface area contributed by atoms with Crippen LogP contribution in [0.4, 0.5) is 8.78 Å². The van der Waals surface area contributed by atoms with E-state index in [0.29, 0.717) is 17.4 Å². The molecule has 2 heteroatoms. The van der Waals surface area contributed by atoms with Crippen LogP contribution in [0.15, 0.2) is 54.6 Å². The van der Waals surface area contributed by atoms with Crippen molar-refractivity contribution in [1.82, 2.24) is 0 Å². The molecule has 0 unspecified atom stereocenters. The van der Waals surface area contributed by atoms with Gasteiger partial charge < -0.3 is 0 Å². The number of benzene rings is 2. The van der Waals surface area contributed by atoms with Gasteiger partial charge in [-0.1, -0.05) is 61.9 Å². The molecule has 0 bridgehead atoms. The average Bonchev–Trinajstić information content (AvgIpc) is 2.75. The van der Waals surface area contributed by atoms with Crippen molar-refractivity contribution in [3.63, 3.8) is 0 Å².